The van der Waals surface area contributed by atoms with Crippen molar-refractivity contribution < 1.29 is 18.1 Å². The van der Waals surface area contributed by atoms with Gasteiger partial charge in [0.05, 0.1) is 10.5 Å². The molecule has 24 heavy (non-hydrogen) atoms. The fourth-order valence-electron chi connectivity index (χ4n) is 2.73. The third-order valence-electron chi connectivity index (χ3n) is 4.02. The Hall–Kier alpha value is -2.71. The molecule has 1 aliphatic heterocycles. The molecular formula is C15H13F3N4O2. The predicted molar refractivity (Wildman–Crippen MR) is 79.7 cm³/mol. The zero-order valence-corrected chi connectivity index (χ0v) is 12.4. The fraction of sp³-hybridized carbons (Fsp3) is 0.333. The standard InChI is InChI=1S/C15H13F3N4O2/c16-15(17,18)12-3-1-10(2-4-12)11-5-6-21(9-11)14-19-7-13(8-20-14)22(23)24/h1-4,7-8,11H,5-6,9H2. The summed E-state index contributed by atoms with van der Waals surface area (Å²) in [5, 5.41) is 10.6. The van der Waals surface area contributed by atoms with E-state index < -0.39 is 16.7 Å². The average Bonchev–Trinajstić information content (AvgIpc) is 3.04. The van der Waals surface area contributed by atoms with E-state index in [9.17, 15) is 23.3 Å². The first-order chi connectivity index (χ1) is 11.3. The number of aromatic nitrogens is 2. The van der Waals surface area contributed by atoms with Crippen LogP contribution >= 0.6 is 0 Å². The van der Waals surface area contributed by atoms with Crippen LogP contribution in [-0.4, -0.2) is 28.0 Å². The van der Waals surface area contributed by atoms with E-state index in [0.717, 1.165) is 36.5 Å². The van der Waals surface area contributed by atoms with E-state index in [1.165, 1.54) is 12.1 Å². The van der Waals surface area contributed by atoms with E-state index in [4.69, 9.17) is 0 Å². The highest BCUT2D eigenvalue weighted by Crippen LogP contribution is 2.33. The Balaban J connectivity index is 1.70. The molecule has 2 aromatic rings. The molecule has 1 aromatic heterocycles. The Labute approximate surface area is 135 Å². The minimum absolute atomic E-state index is 0.0751. The number of alkyl halides is 3. The van der Waals surface area contributed by atoms with Crippen LogP contribution in [0.2, 0.25) is 0 Å². The Morgan fingerprint density at radius 3 is 2.33 bits per heavy atom. The number of benzene rings is 1. The van der Waals surface area contributed by atoms with Crippen molar-refractivity contribution in [3.63, 3.8) is 0 Å². The zero-order chi connectivity index (χ0) is 17.3. The molecule has 0 radical (unpaired) electrons. The predicted octanol–water partition coefficient (Wildman–Crippen LogP) is 3.40. The average molecular weight is 338 g/mol. The molecule has 1 fully saturated rings. The van der Waals surface area contributed by atoms with Gasteiger partial charge in [-0.1, -0.05) is 12.1 Å². The summed E-state index contributed by atoms with van der Waals surface area (Å²) in [6.45, 7) is 1.20. The number of hydrogen-bond acceptors (Lipinski definition) is 5. The van der Waals surface area contributed by atoms with Crippen molar-refractivity contribution in [1.82, 2.24) is 9.97 Å². The molecule has 9 heteroatoms. The number of nitro groups is 1. The fourth-order valence-corrected chi connectivity index (χ4v) is 2.73. The molecule has 1 atom stereocenters. The van der Waals surface area contributed by atoms with Gasteiger partial charge in [-0.3, -0.25) is 10.1 Å². The highest BCUT2D eigenvalue weighted by Gasteiger charge is 2.31. The molecule has 0 spiro atoms. The van der Waals surface area contributed by atoms with Gasteiger partial charge in [0, 0.05) is 19.0 Å². The second-order valence-corrected chi connectivity index (χ2v) is 5.55. The lowest BCUT2D eigenvalue weighted by Gasteiger charge is -2.16. The monoisotopic (exact) mass is 338 g/mol. The molecule has 126 valence electrons. The Kier molecular flexibility index (Phi) is 4.08. The van der Waals surface area contributed by atoms with Gasteiger partial charge < -0.3 is 4.90 Å². The van der Waals surface area contributed by atoms with Crippen LogP contribution in [0.15, 0.2) is 36.7 Å². The van der Waals surface area contributed by atoms with E-state index in [0.29, 0.717) is 19.0 Å². The second kappa shape index (κ2) is 6.06. The quantitative estimate of drug-likeness (QED) is 0.633. The van der Waals surface area contributed by atoms with E-state index in [1.54, 1.807) is 0 Å². The van der Waals surface area contributed by atoms with Crippen LogP contribution in [0.4, 0.5) is 24.8 Å². The van der Waals surface area contributed by atoms with Crippen molar-refractivity contribution in [2.45, 2.75) is 18.5 Å². The maximum atomic E-state index is 12.6. The van der Waals surface area contributed by atoms with Gasteiger partial charge in [-0.25, -0.2) is 9.97 Å². The largest absolute Gasteiger partial charge is 0.416 e. The van der Waals surface area contributed by atoms with Crippen LogP contribution in [0, 0.1) is 10.1 Å². The van der Waals surface area contributed by atoms with Crippen molar-refractivity contribution in [3.8, 4) is 0 Å². The van der Waals surface area contributed by atoms with Crippen LogP contribution < -0.4 is 4.90 Å². The summed E-state index contributed by atoms with van der Waals surface area (Å²) in [4.78, 5) is 19.9. The molecule has 1 aliphatic rings. The number of hydrogen-bond donors (Lipinski definition) is 0. The number of halogens is 3. The summed E-state index contributed by atoms with van der Waals surface area (Å²) in [6.07, 6.45) is -1.29. The molecule has 0 aliphatic carbocycles. The highest BCUT2D eigenvalue weighted by molar-refractivity contribution is 5.38. The molecule has 3 rings (SSSR count). The molecule has 2 heterocycles. The van der Waals surface area contributed by atoms with Gasteiger partial charge in [-0.05, 0) is 24.1 Å². The summed E-state index contributed by atoms with van der Waals surface area (Å²) in [5.41, 5.74) is -0.0237. The van der Waals surface area contributed by atoms with Crippen LogP contribution in [0.1, 0.15) is 23.5 Å². The van der Waals surface area contributed by atoms with Crippen LogP contribution in [0.5, 0.6) is 0 Å². The zero-order valence-electron chi connectivity index (χ0n) is 12.4. The van der Waals surface area contributed by atoms with Gasteiger partial charge in [0.25, 0.3) is 0 Å². The lowest BCUT2D eigenvalue weighted by atomic mass is 9.97. The third kappa shape index (κ3) is 3.29. The first kappa shape index (κ1) is 16.2. The van der Waals surface area contributed by atoms with E-state index >= 15 is 0 Å². The summed E-state index contributed by atoms with van der Waals surface area (Å²) in [5.74, 6) is 0.459. The second-order valence-electron chi connectivity index (χ2n) is 5.55. The maximum Gasteiger partial charge on any atom is 0.416 e. The van der Waals surface area contributed by atoms with Gasteiger partial charge in [-0.2, -0.15) is 13.2 Å². The van der Waals surface area contributed by atoms with Crippen LogP contribution in [0.25, 0.3) is 0 Å². The SMILES string of the molecule is O=[N+]([O-])c1cnc(N2CCC(c3ccc(C(F)(F)F)cc3)C2)nc1. The first-order valence-electron chi connectivity index (χ1n) is 7.23. The van der Waals surface area contributed by atoms with Crippen molar-refractivity contribution >= 4 is 11.6 Å². The lowest BCUT2D eigenvalue weighted by molar-refractivity contribution is -0.385. The van der Waals surface area contributed by atoms with Crippen molar-refractivity contribution in [2.75, 3.05) is 18.0 Å². The number of nitrogens with zero attached hydrogens (tertiary/aromatic N) is 4. The van der Waals surface area contributed by atoms with Gasteiger partial charge in [0.1, 0.15) is 12.4 Å². The Morgan fingerprint density at radius 2 is 1.79 bits per heavy atom. The minimum Gasteiger partial charge on any atom is -0.340 e. The van der Waals surface area contributed by atoms with E-state index in [-0.39, 0.29) is 11.6 Å². The summed E-state index contributed by atoms with van der Waals surface area (Å²) in [7, 11) is 0. The van der Waals surface area contributed by atoms with Gasteiger partial charge in [-0.15, -0.1) is 0 Å². The van der Waals surface area contributed by atoms with Gasteiger partial charge >= 0.3 is 11.9 Å². The number of anilines is 1. The van der Waals surface area contributed by atoms with Crippen molar-refractivity contribution in [1.29, 1.82) is 0 Å². The molecule has 1 unspecified atom stereocenters. The molecule has 0 saturated carbocycles. The maximum absolute atomic E-state index is 12.6. The first-order valence-corrected chi connectivity index (χ1v) is 7.23. The van der Waals surface area contributed by atoms with Crippen molar-refractivity contribution in [2.24, 2.45) is 0 Å². The smallest absolute Gasteiger partial charge is 0.340 e. The highest BCUT2D eigenvalue weighted by atomic mass is 19.4. The lowest BCUT2D eigenvalue weighted by Crippen LogP contribution is -2.21. The van der Waals surface area contributed by atoms with Crippen LogP contribution in [-0.2, 0) is 6.18 Å². The Bertz CT molecular complexity index is 732. The number of rotatable bonds is 3. The summed E-state index contributed by atoms with van der Waals surface area (Å²) < 4.78 is 37.8. The van der Waals surface area contributed by atoms with Gasteiger partial charge in [0.15, 0.2) is 0 Å². The summed E-state index contributed by atoms with van der Waals surface area (Å²) in [6, 6.07) is 5.15. The minimum atomic E-state index is -4.34. The molecule has 0 bridgehead atoms. The normalized spacial score (nSPS) is 18.0. The van der Waals surface area contributed by atoms with E-state index in [1.807, 2.05) is 4.90 Å². The van der Waals surface area contributed by atoms with Gasteiger partial charge in [0.2, 0.25) is 5.95 Å². The molecule has 6 nitrogen and oxygen atoms in total. The summed E-state index contributed by atoms with van der Waals surface area (Å²) >= 11 is 0. The molecule has 1 aromatic carbocycles. The molecule has 0 amide bonds. The van der Waals surface area contributed by atoms with E-state index in [2.05, 4.69) is 9.97 Å². The topological polar surface area (TPSA) is 72.2 Å². The molecule has 0 N–H and O–H groups in total. The Morgan fingerprint density at radius 1 is 1.17 bits per heavy atom. The van der Waals surface area contributed by atoms with Crippen molar-refractivity contribution in [3.05, 3.63) is 57.9 Å². The molecule has 1 saturated heterocycles. The molecular weight excluding hydrogens is 325 g/mol. The van der Waals surface area contributed by atoms with Crippen LogP contribution in [0.3, 0.4) is 0 Å². The third-order valence-corrected chi connectivity index (χ3v) is 4.02.